The van der Waals surface area contributed by atoms with E-state index in [2.05, 4.69) is 46.0 Å². The Hall–Kier alpha value is -2.76. The molecule has 150 valence electrons. The summed E-state index contributed by atoms with van der Waals surface area (Å²) in [5.74, 6) is -0.294. The van der Waals surface area contributed by atoms with Crippen LogP contribution >= 0.6 is 0 Å². The number of anilines is 1. The lowest BCUT2D eigenvalue weighted by atomic mass is 9.99. The number of piperazine rings is 1. The predicted molar refractivity (Wildman–Crippen MR) is 113 cm³/mol. The van der Waals surface area contributed by atoms with Gasteiger partial charge in [0.25, 0.3) is 0 Å². The third kappa shape index (κ3) is 4.47. The van der Waals surface area contributed by atoms with Crippen LogP contribution in [-0.2, 0) is 6.54 Å². The number of pyridine rings is 1. The van der Waals surface area contributed by atoms with Crippen molar-refractivity contribution in [3.8, 4) is 0 Å². The number of hydrogen-bond acceptors (Lipinski definition) is 4. The second-order valence-electron chi connectivity index (χ2n) is 7.62. The molecule has 0 saturated carbocycles. The number of aliphatic hydroxyl groups excluding tert-OH is 1. The van der Waals surface area contributed by atoms with Gasteiger partial charge in [0.2, 0.25) is 0 Å². The SMILES string of the molecule is Cc1ccc(CN2CCN(c3c(F)cccc3[C@H](O)c3cccnc3)CC2)cc1. The van der Waals surface area contributed by atoms with Gasteiger partial charge in [-0.15, -0.1) is 0 Å². The summed E-state index contributed by atoms with van der Waals surface area (Å²) in [6.45, 7) is 6.14. The van der Waals surface area contributed by atoms with Crippen LogP contribution in [0.15, 0.2) is 67.0 Å². The zero-order valence-corrected chi connectivity index (χ0v) is 16.6. The molecule has 1 atom stereocenters. The second kappa shape index (κ2) is 8.72. The van der Waals surface area contributed by atoms with Crippen molar-refractivity contribution in [1.82, 2.24) is 9.88 Å². The third-order valence-corrected chi connectivity index (χ3v) is 5.53. The fourth-order valence-electron chi connectivity index (χ4n) is 3.88. The Morgan fingerprint density at radius 3 is 2.45 bits per heavy atom. The van der Waals surface area contributed by atoms with Crippen LogP contribution in [0.5, 0.6) is 0 Å². The molecular formula is C24H26FN3O. The monoisotopic (exact) mass is 391 g/mol. The van der Waals surface area contributed by atoms with Gasteiger partial charge in [-0.25, -0.2) is 4.39 Å². The number of benzene rings is 2. The van der Waals surface area contributed by atoms with Crippen LogP contribution in [0.3, 0.4) is 0 Å². The Bertz CT molecular complexity index is 938. The van der Waals surface area contributed by atoms with E-state index < -0.39 is 6.10 Å². The molecule has 1 saturated heterocycles. The molecule has 0 unspecified atom stereocenters. The summed E-state index contributed by atoms with van der Waals surface area (Å²) in [7, 11) is 0. The van der Waals surface area contributed by atoms with Crippen molar-refractivity contribution in [3.63, 3.8) is 0 Å². The molecule has 0 bridgehead atoms. The Balaban J connectivity index is 1.49. The smallest absolute Gasteiger partial charge is 0.146 e. The van der Waals surface area contributed by atoms with E-state index in [1.807, 2.05) is 6.07 Å². The molecular weight excluding hydrogens is 365 g/mol. The highest BCUT2D eigenvalue weighted by atomic mass is 19.1. The molecule has 29 heavy (non-hydrogen) atoms. The van der Waals surface area contributed by atoms with Gasteiger partial charge in [0.15, 0.2) is 0 Å². The zero-order valence-electron chi connectivity index (χ0n) is 16.6. The largest absolute Gasteiger partial charge is 0.384 e. The maximum atomic E-state index is 14.8. The number of halogens is 1. The number of rotatable bonds is 5. The standard InChI is InChI=1S/C24H26FN3O/c1-18-7-9-19(10-8-18)17-27-12-14-28(15-13-27)23-21(5-2-6-22(23)25)24(29)20-4-3-11-26-16-20/h2-11,16,24,29H,12-15,17H2,1H3/t24-/m1/s1. The van der Waals surface area contributed by atoms with Crippen molar-refractivity contribution in [2.75, 3.05) is 31.1 Å². The van der Waals surface area contributed by atoms with Crippen molar-refractivity contribution in [2.24, 2.45) is 0 Å². The van der Waals surface area contributed by atoms with Gasteiger partial charge in [-0.05, 0) is 24.6 Å². The first kappa shape index (κ1) is 19.6. The molecule has 2 aromatic carbocycles. The van der Waals surface area contributed by atoms with E-state index in [0.29, 0.717) is 16.8 Å². The Morgan fingerprint density at radius 2 is 1.76 bits per heavy atom. The topological polar surface area (TPSA) is 39.6 Å². The fraction of sp³-hybridized carbons (Fsp3) is 0.292. The van der Waals surface area contributed by atoms with Gasteiger partial charge in [-0.3, -0.25) is 9.88 Å². The summed E-state index contributed by atoms with van der Waals surface area (Å²) in [5.41, 5.74) is 4.31. The van der Waals surface area contributed by atoms with Crippen molar-refractivity contribution in [3.05, 3.63) is 95.1 Å². The highest BCUT2D eigenvalue weighted by Crippen LogP contribution is 2.33. The molecule has 1 fully saturated rings. The number of para-hydroxylation sites is 1. The minimum atomic E-state index is -0.903. The molecule has 5 heteroatoms. The summed E-state index contributed by atoms with van der Waals surface area (Å²) >= 11 is 0. The second-order valence-corrected chi connectivity index (χ2v) is 7.62. The number of nitrogens with zero attached hydrogens (tertiary/aromatic N) is 3. The number of aromatic nitrogens is 1. The molecule has 4 rings (SSSR count). The van der Waals surface area contributed by atoms with Gasteiger partial charge in [-0.2, -0.15) is 0 Å². The minimum Gasteiger partial charge on any atom is -0.384 e. The Morgan fingerprint density at radius 1 is 1.00 bits per heavy atom. The summed E-state index contributed by atoms with van der Waals surface area (Å²) in [5, 5.41) is 10.9. The van der Waals surface area contributed by atoms with Gasteiger partial charge in [0, 0.05) is 56.2 Å². The number of hydrogen-bond donors (Lipinski definition) is 1. The van der Waals surface area contributed by atoms with Crippen molar-refractivity contribution in [2.45, 2.75) is 19.6 Å². The average molecular weight is 391 g/mol. The van der Waals surface area contributed by atoms with E-state index in [-0.39, 0.29) is 5.82 Å². The van der Waals surface area contributed by atoms with Gasteiger partial charge in [0.05, 0.1) is 5.69 Å². The van der Waals surface area contributed by atoms with Crippen LogP contribution in [0, 0.1) is 12.7 Å². The van der Waals surface area contributed by atoms with Crippen LogP contribution < -0.4 is 4.90 Å². The lowest BCUT2D eigenvalue weighted by Crippen LogP contribution is -2.46. The van der Waals surface area contributed by atoms with E-state index in [9.17, 15) is 9.50 Å². The van der Waals surface area contributed by atoms with Crippen LogP contribution in [-0.4, -0.2) is 41.2 Å². The predicted octanol–water partition coefficient (Wildman–Crippen LogP) is 3.93. The first-order valence-electron chi connectivity index (χ1n) is 10.0. The van der Waals surface area contributed by atoms with Crippen molar-refractivity contribution < 1.29 is 9.50 Å². The quantitative estimate of drug-likeness (QED) is 0.715. The molecule has 0 aliphatic carbocycles. The molecule has 1 aliphatic rings. The molecule has 1 N–H and O–H groups in total. The average Bonchev–Trinajstić information content (AvgIpc) is 2.76. The normalized spacial score (nSPS) is 16.0. The molecule has 0 amide bonds. The Kier molecular flexibility index (Phi) is 5.88. The maximum Gasteiger partial charge on any atom is 0.146 e. The van der Waals surface area contributed by atoms with E-state index in [1.54, 1.807) is 30.6 Å². The third-order valence-electron chi connectivity index (χ3n) is 5.53. The first-order valence-corrected chi connectivity index (χ1v) is 10.0. The first-order chi connectivity index (χ1) is 14.1. The molecule has 3 aromatic rings. The van der Waals surface area contributed by atoms with Gasteiger partial charge < -0.3 is 10.0 Å². The molecule has 1 aromatic heterocycles. The highest BCUT2D eigenvalue weighted by molar-refractivity contribution is 5.58. The summed E-state index contributed by atoms with van der Waals surface area (Å²) in [6.07, 6.45) is 2.38. The van der Waals surface area contributed by atoms with Crippen molar-refractivity contribution in [1.29, 1.82) is 0 Å². The summed E-state index contributed by atoms with van der Waals surface area (Å²) in [4.78, 5) is 8.52. The van der Waals surface area contributed by atoms with Crippen LogP contribution in [0.4, 0.5) is 10.1 Å². The number of aryl methyl sites for hydroxylation is 1. The summed E-state index contributed by atoms with van der Waals surface area (Å²) < 4.78 is 14.8. The van der Waals surface area contributed by atoms with Gasteiger partial charge >= 0.3 is 0 Å². The highest BCUT2D eigenvalue weighted by Gasteiger charge is 2.25. The molecule has 0 radical (unpaired) electrons. The lowest BCUT2D eigenvalue weighted by Gasteiger charge is -2.37. The lowest BCUT2D eigenvalue weighted by molar-refractivity contribution is 0.218. The van der Waals surface area contributed by atoms with Gasteiger partial charge in [0.1, 0.15) is 11.9 Å². The van der Waals surface area contributed by atoms with E-state index in [0.717, 1.165) is 32.7 Å². The molecule has 0 spiro atoms. The molecule has 2 heterocycles. The molecule has 4 nitrogen and oxygen atoms in total. The van der Waals surface area contributed by atoms with Gasteiger partial charge in [-0.1, -0.05) is 48.0 Å². The number of aliphatic hydroxyl groups is 1. The van der Waals surface area contributed by atoms with Crippen LogP contribution in [0.1, 0.15) is 28.4 Å². The Labute approximate surface area is 171 Å². The maximum absolute atomic E-state index is 14.8. The van der Waals surface area contributed by atoms with E-state index in [1.165, 1.54) is 17.2 Å². The fourth-order valence-corrected chi connectivity index (χ4v) is 3.88. The van der Waals surface area contributed by atoms with E-state index >= 15 is 0 Å². The van der Waals surface area contributed by atoms with Crippen LogP contribution in [0.2, 0.25) is 0 Å². The summed E-state index contributed by atoms with van der Waals surface area (Å²) in [6, 6.07) is 17.1. The zero-order chi connectivity index (χ0) is 20.2. The minimum absolute atomic E-state index is 0.294. The van der Waals surface area contributed by atoms with Crippen molar-refractivity contribution >= 4 is 5.69 Å². The van der Waals surface area contributed by atoms with Crippen LogP contribution in [0.25, 0.3) is 0 Å². The molecule has 1 aliphatic heterocycles. The van der Waals surface area contributed by atoms with E-state index in [4.69, 9.17) is 0 Å².